The van der Waals surface area contributed by atoms with Crippen molar-refractivity contribution in [3.05, 3.63) is 51.5 Å². The molecular weight excluding hydrogens is 358 g/mol. The van der Waals surface area contributed by atoms with Gasteiger partial charge < -0.3 is 10.2 Å². The van der Waals surface area contributed by atoms with E-state index in [-0.39, 0.29) is 17.7 Å². The van der Waals surface area contributed by atoms with Crippen LogP contribution in [0.4, 0.5) is 0 Å². The minimum atomic E-state index is -0.0123. The van der Waals surface area contributed by atoms with Crippen LogP contribution in [0.3, 0.4) is 0 Å². The number of hydrogen-bond acceptors (Lipinski definition) is 4. The molecule has 2 amide bonds. The average Bonchev–Trinajstić information content (AvgIpc) is 3.16. The molecule has 0 spiro atoms. The average molecular weight is 384 g/mol. The van der Waals surface area contributed by atoms with Crippen molar-refractivity contribution in [2.24, 2.45) is 5.92 Å². The van der Waals surface area contributed by atoms with Gasteiger partial charge in [-0.25, -0.2) is 0 Å². The fourth-order valence-electron chi connectivity index (χ4n) is 3.94. The second-order valence-electron chi connectivity index (χ2n) is 7.43. The Labute approximate surface area is 163 Å². The first-order valence-corrected chi connectivity index (χ1v) is 10.6. The Bertz CT molecular complexity index is 812. The minimum Gasteiger partial charge on any atom is -0.352 e. The van der Waals surface area contributed by atoms with Crippen molar-refractivity contribution >= 4 is 23.2 Å². The molecule has 3 heterocycles. The van der Waals surface area contributed by atoms with Gasteiger partial charge in [0.05, 0.1) is 4.88 Å². The third-order valence-electron chi connectivity index (χ3n) is 5.50. The van der Waals surface area contributed by atoms with E-state index in [1.54, 1.807) is 23.7 Å². The number of thiophene rings is 1. The molecule has 1 saturated heterocycles. The summed E-state index contributed by atoms with van der Waals surface area (Å²) >= 11 is 1.63. The molecule has 27 heavy (non-hydrogen) atoms. The minimum absolute atomic E-state index is 0.0123. The van der Waals surface area contributed by atoms with Crippen LogP contribution in [0.25, 0.3) is 0 Å². The lowest BCUT2D eigenvalue weighted by molar-refractivity contribution is -0.125. The van der Waals surface area contributed by atoms with Gasteiger partial charge in [0.15, 0.2) is 0 Å². The van der Waals surface area contributed by atoms with Crippen molar-refractivity contribution in [3.63, 3.8) is 0 Å². The van der Waals surface area contributed by atoms with Crippen molar-refractivity contribution in [2.75, 3.05) is 13.1 Å². The van der Waals surface area contributed by atoms with E-state index in [1.807, 2.05) is 23.1 Å². The summed E-state index contributed by atoms with van der Waals surface area (Å²) in [5, 5.41) is 3.03. The summed E-state index contributed by atoms with van der Waals surface area (Å²) < 4.78 is 0. The molecule has 1 fully saturated rings. The van der Waals surface area contributed by atoms with Crippen LogP contribution in [0.15, 0.2) is 30.6 Å². The van der Waals surface area contributed by atoms with Crippen molar-refractivity contribution < 1.29 is 9.59 Å². The highest BCUT2D eigenvalue weighted by molar-refractivity contribution is 7.14. The Kier molecular flexibility index (Phi) is 5.53. The molecule has 6 heteroatoms. The quantitative estimate of drug-likeness (QED) is 0.882. The summed E-state index contributed by atoms with van der Waals surface area (Å²) in [5.41, 5.74) is 2.19. The third-order valence-corrected chi connectivity index (χ3v) is 6.72. The standard InChI is InChI=1S/C21H25N3O2S/c25-20(23-14-15-5-4-8-22-13-15)16-6-7-18-17(11-16)12-19(27-18)21(26)24-9-2-1-3-10-24/h4-5,8,12-13,16H,1-3,6-7,9-11,14H2,(H,23,25). The van der Waals surface area contributed by atoms with Gasteiger partial charge in [-0.1, -0.05) is 6.07 Å². The van der Waals surface area contributed by atoms with Crippen LogP contribution >= 0.6 is 11.3 Å². The van der Waals surface area contributed by atoms with Gasteiger partial charge in [-0.3, -0.25) is 14.6 Å². The Morgan fingerprint density at radius 3 is 2.89 bits per heavy atom. The zero-order valence-electron chi connectivity index (χ0n) is 15.4. The highest BCUT2D eigenvalue weighted by Crippen LogP contribution is 2.33. The van der Waals surface area contributed by atoms with E-state index in [2.05, 4.69) is 10.3 Å². The van der Waals surface area contributed by atoms with E-state index in [1.165, 1.54) is 16.9 Å². The normalized spacial score (nSPS) is 19.4. The fraction of sp³-hybridized carbons (Fsp3) is 0.476. The number of rotatable bonds is 4. The summed E-state index contributed by atoms with van der Waals surface area (Å²) in [6, 6.07) is 5.88. The molecule has 0 radical (unpaired) electrons. The number of pyridine rings is 1. The van der Waals surface area contributed by atoms with Crippen LogP contribution in [0, 0.1) is 5.92 Å². The molecule has 0 bridgehead atoms. The summed E-state index contributed by atoms with van der Waals surface area (Å²) in [6.45, 7) is 2.26. The SMILES string of the molecule is O=C(NCc1cccnc1)C1CCc2sc(C(=O)N3CCCCC3)cc2C1. The molecule has 1 atom stereocenters. The van der Waals surface area contributed by atoms with Crippen LogP contribution in [0.2, 0.25) is 0 Å². The lowest BCUT2D eigenvalue weighted by Gasteiger charge is -2.26. The molecule has 2 aromatic rings. The lowest BCUT2D eigenvalue weighted by Crippen LogP contribution is -2.35. The molecular formula is C21H25N3O2S. The van der Waals surface area contributed by atoms with Crippen molar-refractivity contribution in [3.8, 4) is 0 Å². The summed E-state index contributed by atoms with van der Waals surface area (Å²) in [7, 11) is 0. The van der Waals surface area contributed by atoms with Gasteiger partial charge in [0.2, 0.25) is 5.91 Å². The van der Waals surface area contributed by atoms with Crippen LogP contribution < -0.4 is 5.32 Å². The number of hydrogen-bond donors (Lipinski definition) is 1. The van der Waals surface area contributed by atoms with Crippen molar-refractivity contribution in [2.45, 2.75) is 45.1 Å². The molecule has 0 saturated carbocycles. The Morgan fingerprint density at radius 1 is 1.26 bits per heavy atom. The zero-order valence-corrected chi connectivity index (χ0v) is 16.3. The molecule has 1 aliphatic carbocycles. The number of carbonyl (C=O) groups excluding carboxylic acids is 2. The first-order valence-electron chi connectivity index (χ1n) is 9.78. The molecule has 1 N–H and O–H groups in total. The van der Waals surface area contributed by atoms with Gasteiger partial charge in [-0.05, 0) is 61.8 Å². The number of aromatic nitrogens is 1. The van der Waals surface area contributed by atoms with E-state index < -0.39 is 0 Å². The molecule has 142 valence electrons. The second kappa shape index (κ2) is 8.21. The van der Waals surface area contributed by atoms with E-state index in [4.69, 9.17) is 0 Å². The molecule has 0 aromatic carbocycles. The number of fused-ring (bicyclic) bond motifs is 1. The molecule has 1 aliphatic heterocycles. The maximum Gasteiger partial charge on any atom is 0.263 e. The van der Waals surface area contributed by atoms with Crippen LogP contribution in [0.1, 0.15) is 51.4 Å². The first-order chi connectivity index (χ1) is 13.2. The van der Waals surface area contributed by atoms with Gasteiger partial charge in [0, 0.05) is 42.8 Å². The number of piperidine rings is 1. The van der Waals surface area contributed by atoms with E-state index in [0.717, 1.165) is 55.6 Å². The number of nitrogens with zero attached hydrogens (tertiary/aromatic N) is 2. The number of likely N-dealkylation sites (tertiary alicyclic amines) is 1. The Hall–Kier alpha value is -2.21. The molecule has 1 unspecified atom stereocenters. The second-order valence-corrected chi connectivity index (χ2v) is 8.57. The highest BCUT2D eigenvalue weighted by Gasteiger charge is 2.28. The topological polar surface area (TPSA) is 62.3 Å². The molecule has 2 aromatic heterocycles. The number of amides is 2. The van der Waals surface area contributed by atoms with Crippen LogP contribution in [-0.4, -0.2) is 34.8 Å². The van der Waals surface area contributed by atoms with E-state index in [0.29, 0.717) is 6.54 Å². The third kappa shape index (κ3) is 4.21. The molecule has 2 aliphatic rings. The van der Waals surface area contributed by atoms with Gasteiger partial charge in [-0.2, -0.15) is 0 Å². The number of aryl methyl sites for hydroxylation is 1. The molecule has 4 rings (SSSR count). The van der Waals surface area contributed by atoms with Crippen molar-refractivity contribution in [1.29, 1.82) is 0 Å². The fourth-order valence-corrected chi connectivity index (χ4v) is 5.12. The maximum absolute atomic E-state index is 12.7. The van der Waals surface area contributed by atoms with Gasteiger partial charge in [0.1, 0.15) is 0 Å². The number of carbonyl (C=O) groups is 2. The largest absolute Gasteiger partial charge is 0.352 e. The summed E-state index contributed by atoms with van der Waals surface area (Å²) in [4.78, 5) is 33.5. The Balaban J connectivity index is 1.37. The number of nitrogens with one attached hydrogen (secondary N) is 1. The highest BCUT2D eigenvalue weighted by atomic mass is 32.1. The van der Waals surface area contributed by atoms with Crippen LogP contribution in [0.5, 0.6) is 0 Å². The van der Waals surface area contributed by atoms with Gasteiger partial charge >= 0.3 is 0 Å². The summed E-state index contributed by atoms with van der Waals surface area (Å²) in [6.07, 6.45) is 9.41. The van der Waals surface area contributed by atoms with Crippen LogP contribution in [-0.2, 0) is 24.2 Å². The Morgan fingerprint density at radius 2 is 2.11 bits per heavy atom. The van der Waals surface area contributed by atoms with Gasteiger partial charge in [0.25, 0.3) is 5.91 Å². The predicted molar refractivity (Wildman–Crippen MR) is 106 cm³/mol. The summed E-state index contributed by atoms with van der Waals surface area (Å²) in [5.74, 6) is 0.257. The molecule has 5 nitrogen and oxygen atoms in total. The smallest absolute Gasteiger partial charge is 0.263 e. The van der Waals surface area contributed by atoms with Gasteiger partial charge in [-0.15, -0.1) is 11.3 Å². The van der Waals surface area contributed by atoms with E-state index in [9.17, 15) is 9.59 Å². The lowest BCUT2D eigenvalue weighted by atomic mass is 9.87. The van der Waals surface area contributed by atoms with E-state index >= 15 is 0 Å². The van der Waals surface area contributed by atoms with Crippen molar-refractivity contribution in [1.82, 2.24) is 15.2 Å². The first kappa shape index (κ1) is 18.2. The monoisotopic (exact) mass is 383 g/mol. The predicted octanol–water partition coefficient (Wildman–Crippen LogP) is 3.19. The zero-order chi connectivity index (χ0) is 18.6. The maximum atomic E-state index is 12.7.